The molecule has 1 atom stereocenters. The largest absolute Gasteiger partial charge is 0.369 e. The number of H-pyrrole nitrogens is 1. The van der Waals surface area contributed by atoms with Crippen LogP contribution in [0.25, 0.3) is 0 Å². The van der Waals surface area contributed by atoms with E-state index in [0.717, 1.165) is 13.0 Å². The summed E-state index contributed by atoms with van der Waals surface area (Å²) in [4.78, 5) is 27.4. The number of imidazole rings is 1. The highest BCUT2D eigenvalue weighted by atomic mass is 16.1. The number of carbonyl (C=O) groups excluding carboxylic acids is 1. The number of aromatic amines is 1. The first-order chi connectivity index (χ1) is 9.70. The molecule has 0 aliphatic heterocycles. The summed E-state index contributed by atoms with van der Waals surface area (Å²) < 4.78 is 0. The van der Waals surface area contributed by atoms with E-state index < -0.39 is 0 Å². The molecule has 0 aromatic carbocycles. The predicted octanol–water partition coefficient (Wildman–Crippen LogP) is 1.51. The molecule has 2 aromatic heterocycles. The lowest BCUT2D eigenvalue weighted by Crippen LogP contribution is -2.28. The summed E-state index contributed by atoms with van der Waals surface area (Å²) in [6, 6.07) is -0.216. The van der Waals surface area contributed by atoms with Crippen LogP contribution < -0.4 is 10.6 Å². The van der Waals surface area contributed by atoms with Crippen molar-refractivity contribution in [2.75, 3.05) is 11.9 Å². The average molecular weight is 274 g/mol. The summed E-state index contributed by atoms with van der Waals surface area (Å²) in [5.74, 6) is 1.03. The van der Waals surface area contributed by atoms with Crippen molar-refractivity contribution in [2.24, 2.45) is 0 Å². The highest BCUT2D eigenvalue weighted by Crippen LogP contribution is 2.08. The maximum atomic E-state index is 12.1. The van der Waals surface area contributed by atoms with E-state index in [2.05, 4.69) is 37.5 Å². The zero-order valence-electron chi connectivity index (χ0n) is 11.6. The van der Waals surface area contributed by atoms with Crippen molar-refractivity contribution in [3.8, 4) is 0 Å². The fourth-order valence-corrected chi connectivity index (χ4v) is 1.67. The number of nitrogens with one attached hydrogen (secondary N) is 3. The number of hydrogen-bond donors (Lipinski definition) is 3. The zero-order valence-corrected chi connectivity index (χ0v) is 11.6. The van der Waals surface area contributed by atoms with E-state index in [9.17, 15) is 4.79 Å². The first-order valence-electron chi connectivity index (χ1n) is 6.56. The SMILES string of the molecule is CCCNc1cncc(C(=O)NC(C)c2ncc[nH]2)n1. The minimum atomic E-state index is -0.276. The number of anilines is 1. The lowest BCUT2D eigenvalue weighted by atomic mass is 10.3. The van der Waals surface area contributed by atoms with Crippen molar-refractivity contribution in [2.45, 2.75) is 26.3 Å². The molecule has 0 bridgehead atoms. The molecular formula is C13H18N6O. The number of rotatable bonds is 6. The second-order valence-electron chi connectivity index (χ2n) is 4.39. The molecule has 20 heavy (non-hydrogen) atoms. The van der Waals surface area contributed by atoms with E-state index in [1.807, 2.05) is 6.92 Å². The summed E-state index contributed by atoms with van der Waals surface area (Å²) in [7, 11) is 0. The molecule has 0 aliphatic rings. The molecule has 0 saturated carbocycles. The van der Waals surface area contributed by atoms with Gasteiger partial charge in [0.2, 0.25) is 0 Å². The van der Waals surface area contributed by atoms with Gasteiger partial charge in [0.15, 0.2) is 0 Å². The van der Waals surface area contributed by atoms with Gasteiger partial charge in [-0.1, -0.05) is 6.92 Å². The van der Waals surface area contributed by atoms with E-state index >= 15 is 0 Å². The van der Waals surface area contributed by atoms with Crippen molar-refractivity contribution in [1.82, 2.24) is 25.3 Å². The minimum absolute atomic E-state index is 0.216. The molecule has 3 N–H and O–H groups in total. The summed E-state index contributed by atoms with van der Waals surface area (Å²) in [6.45, 7) is 4.70. The van der Waals surface area contributed by atoms with Crippen LogP contribution in [0.15, 0.2) is 24.8 Å². The molecule has 0 saturated heterocycles. The highest BCUT2D eigenvalue weighted by molar-refractivity contribution is 5.92. The molecule has 0 aliphatic carbocycles. The molecule has 2 heterocycles. The van der Waals surface area contributed by atoms with Gasteiger partial charge in [0.05, 0.1) is 18.4 Å². The van der Waals surface area contributed by atoms with Crippen molar-refractivity contribution in [3.63, 3.8) is 0 Å². The van der Waals surface area contributed by atoms with Crippen LogP contribution >= 0.6 is 0 Å². The van der Waals surface area contributed by atoms with Crippen LogP contribution in [0.5, 0.6) is 0 Å². The first-order valence-corrected chi connectivity index (χ1v) is 6.56. The standard InChI is InChI=1S/C13H18N6O/c1-3-4-15-11-8-14-7-10(19-11)13(20)18-9(2)12-16-5-6-17-12/h5-9H,3-4H2,1-2H3,(H,15,19)(H,16,17)(H,18,20). The third-order valence-corrected chi connectivity index (χ3v) is 2.70. The van der Waals surface area contributed by atoms with Crippen molar-refractivity contribution < 1.29 is 4.79 Å². The topological polar surface area (TPSA) is 95.6 Å². The molecule has 106 valence electrons. The monoisotopic (exact) mass is 274 g/mol. The zero-order chi connectivity index (χ0) is 14.4. The van der Waals surface area contributed by atoms with Crippen LogP contribution in [0.1, 0.15) is 42.6 Å². The van der Waals surface area contributed by atoms with Gasteiger partial charge < -0.3 is 15.6 Å². The Labute approximate surface area is 117 Å². The van der Waals surface area contributed by atoms with Crippen LogP contribution in [0.4, 0.5) is 5.82 Å². The highest BCUT2D eigenvalue weighted by Gasteiger charge is 2.14. The first kappa shape index (κ1) is 14.0. The fourth-order valence-electron chi connectivity index (χ4n) is 1.67. The van der Waals surface area contributed by atoms with Crippen molar-refractivity contribution in [1.29, 1.82) is 0 Å². The maximum Gasteiger partial charge on any atom is 0.272 e. The third-order valence-electron chi connectivity index (χ3n) is 2.70. The quantitative estimate of drug-likeness (QED) is 0.742. The summed E-state index contributed by atoms with van der Waals surface area (Å²) >= 11 is 0. The van der Waals surface area contributed by atoms with E-state index in [1.54, 1.807) is 18.6 Å². The van der Waals surface area contributed by atoms with E-state index in [1.165, 1.54) is 6.20 Å². The number of nitrogens with zero attached hydrogens (tertiary/aromatic N) is 3. The third kappa shape index (κ3) is 3.53. The number of amides is 1. The number of carbonyl (C=O) groups is 1. The second kappa shape index (κ2) is 6.65. The van der Waals surface area contributed by atoms with E-state index in [4.69, 9.17) is 0 Å². The van der Waals surface area contributed by atoms with Crippen LogP contribution in [-0.2, 0) is 0 Å². The van der Waals surface area contributed by atoms with Gasteiger partial charge in [-0.2, -0.15) is 0 Å². The Bertz CT molecular complexity index is 554. The smallest absolute Gasteiger partial charge is 0.272 e. The molecule has 1 amide bonds. The van der Waals surface area contributed by atoms with E-state index in [-0.39, 0.29) is 17.6 Å². The van der Waals surface area contributed by atoms with Crippen LogP contribution in [-0.4, -0.2) is 32.4 Å². The average Bonchev–Trinajstić information content (AvgIpc) is 2.99. The Kier molecular flexibility index (Phi) is 4.65. The lowest BCUT2D eigenvalue weighted by Gasteiger charge is -2.11. The van der Waals surface area contributed by atoms with Crippen LogP contribution in [0.3, 0.4) is 0 Å². The van der Waals surface area contributed by atoms with Gasteiger partial charge in [-0.25, -0.2) is 9.97 Å². The Morgan fingerprint density at radius 1 is 1.45 bits per heavy atom. The summed E-state index contributed by atoms with van der Waals surface area (Å²) in [5.41, 5.74) is 0.282. The van der Waals surface area contributed by atoms with Crippen molar-refractivity contribution in [3.05, 3.63) is 36.3 Å². The summed E-state index contributed by atoms with van der Waals surface area (Å²) in [6.07, 6.45) is 7.39. The molecule has 0 radical (unpaired) electrons. The normalized spacial score (nSPS) is 11.9. The Morgan fingerprint density at radius 2 is 2.30 bits per heavy atom. The predicted molar refractivity (Wildman–Crippen MR) is 75.3 cm³/mol. The van der Waals surface area contributed by atoms with Gasteiger partial charge in [-0.15, -0.1) is 0 Å². The molecule has 0 fully saturated rings. The molecule has 0 spiro atoms. The van der Waals surface area contributed by atoms with Crippen LogP contribution in [0, 0.1) is 0 Å². The molecule has 7 nitrogen and oxygen atoms in total. The lowest BCUT2D eigenvalue weighted by molar-refractivity contribution is 0.0933. The number of aromatic nitrogens is 4. The van der Waals surface area contributed by atoms with Gasteiger partial charge in [0.1, 0.15) is 17.3 Å². The second-order valence-corrected chi connectivity index (χ2v) is 4.39. The van der Waals surface area contributed by atoms with Gasteiger partial charge in [-0.05, 0) is 13.3 Å². The minimum Gasteiger partial charge on any atom is -0.369 e. The molecule has 2 rings (SSSR count). The van der Waals surface area contributed by atoms with Gasteiger partial charge >= 0.3 is 0 Å². The van der Waals surface area contributed by atoms with E-state index in [0.29, 0.717) is 11.6 Å². The molecular weight excluding hydrogens is 256 g/mol. The van der Waals surface area contributed by atoms with Crippen molar-refractivity contribution >= 4 is 11.7 Å². The molecule has 1 unspecified atom stereocenters. The summed E-state index contributed by atoms with van der Waals surface area (Å²) in [5, 5.41) is 5.92. The Morgan fingerprint density at radius 3 is 3.00 bits per heavy atom. The van der Waals surface area contributed by atoms with Crippen LogP contribution in [0.2, 0.25) is 0 Å². The maximum absolute atomic E-state index is 12.1. The fraction of sp³-hybridized carbons (Fsp3) is 0.385. The Hall–Kier alpha value is -2.44. The number of hydrogen-bond acceptors (Lipinski definition) is 5. The molecule has 2 aromatic rings. The van der Waals surface area contributed by atoms with Gasteiger partial charge in [-0.3, -0.25) is 9.78 Å². The Balaban J connectivity index is 2.01. The molecule has 7 heteroatoms. The van der Waals surface area contributed by atoms with Gasteiger partial charge in [0.25, 0.3) is 5.91 Å². The van der Waals surface area contributed by atoms with Gasteiger partial charge in [0, 0.05) is 18.9 Å².